The topological polar surface area (TPSA) is 27.1 Å². The Balaban J connectivity index is 1.99. The largest absolute Gasteiger partial charge is 0.491 e. The van der Waals surface area contributed by atoms with E-state index in [0.29, 0.717) is 18.3 Å². The Hall–Kier alpha value is -2.62. The highest BCUT2D eigenvalue weighted by Crippen LogP contribution is 2.33. The van der Waals surface area contributed by atoms with E-state index in [4.69, 9.17) is 4.74 Å². The molecule has 0 amide bonds. The Morgan fingerprint density at radius 1 is 1.00 bits per heavy atom. The molecule has 29 heavy (non-hydrogen) atoms. The molecule has 0 bridgehead atoms. The average Bonchev–Trinajstić information content (AvgIpc) is 3.16. The summed E-state index contributed by atoms with van der Waals surface area (Å²) < 4.78 is 22.1. The van der Waals surface area contributed by atoms with Gasteiger partial charge in [0.15, 0.2) is 11.6 Å². The lowest BCUT2D eigenvalue weighted by atomic mass is 9.90. The molecule has 0 saturated carbocycles. The number of aromatic nitrogens is 2. The van der Waals surface area contributed by atoms with Gasteiger partial charge in [0.25, 0.3) is 0 Å². The SMILES string of the molecule is CCCCOc1ccc(-c2ccc(C(CC)CC)c(-n3ccc(C)n3)c2)cc1F. The van der Waals surface area contributed by atoms with Crippen LogP contribution in [0.15, 0.2) is 48.7 Å². The van der Waals surface area contributed by atoms with Crippen LogP contribution in [0.3, 0.4) is 0 Å². The summed E-state index contributed by atoms with van der Waals surface area (Å²) in [5.41, 5.74) is 5.13. The van der Waals surface area contributed by atoms with Crippen LogP contribution in [0.5, 0.6) is 5.75 Å². The van der Waals surface area contributed by atoms with E-state index in [1.165, 1.54) is 5.56 Å². The second-order valence-corrected chi connectivity index (χ2v) is 7.54. The molecule has 0 spiro atoms. The van der Waals surface area contributed by atoms with Crippen LogP contribution in [0.4, 0.5) is 4.39 Å². The third kappa shape index (κ3) is 4.87. The van der Waals surface area contributed by atoms with Crippen molar-refractivity contribution in [1.82, 2.24) is 9.78 Å². The third-order valence-corrected chi connectivity index (χ3v) is 5.45. The normalized spacial score (nSPS) is 11.2. The molecular weight excluding hydrogens is 363 g/mol. The van der Waals surface area contributed by atoms with Crippen LogP contribution in [0.2, 0.25) is 0 Å². The van der Waals surface area contributed by atoms with Crippen molar-refractivity contribution in [3.05, 3.63) is 65.7 Å². The molecule has 2 aromatic carbocycles. The number of halogens is 1. The van der Waals surface area contributed by atoms with Crippen molar-refractivity contribution in [1.29, 1.82) is 0 Å². The highest BCUT2D eigenvalue weighted by molar-refractivity contribution is 5.68. The maximum atomic E-state index is 14.6. The van der Waals surface area contributed by atoms with E-state index in [2.05, 4.69) is 44.1 Å². The van der Waals surface area contributed by atoms with E-state index >= 15 is 0 Å². The minimum atomic E-state index is -0.320. The van der Waals surface area contributed by atoms with Gasteiger partial charge in [-0.1, -0.05) is 45.4 Å². The van der Waals surface area contributed by atoms with Gasteiger partial charge in [0.1, 0.15) is 0 Å². The standard InChI is InChI=1S/C25H31FN2O/c1-5-8-15-29-25-12-10-20(16-23(25)26)21-9-11-22(19(6-2)7-3)24(17-21)28-14-13-18(4)27-28/h9-14,16-17,19H,5-8,15H2,1-4H3. The fourth-order valence-corrected chi connectivity index (χ4v) is 3.67. The van der Waals surface area contributed by atoms with E-state index in [0.717, 1.165) is 48.2 Å². The van der Waals surface area contributed by atoms with E-state index in [1.54, 1.807) is 12.1 Å². The molecule has 3 rings (SSSR count). The summed E-state index contributed by atoms with van der Waals surface area (Å²) in [6.45, 7) is 9.05. The predicted molar refractivity (Wildman–Crippen MR) is 117 cm³/mol. The second-order valence-electron chi connectivity index (χ2n) is 7.54. The molecule has 3 nitrogen and oxygen atoms in total. The number of ether oxygens (including phenoxy) is 1. The van der Waals surface area contributed by atoms with Crippen molar-refractivity contribution >= 4 is 0 Å². The van der Waals surface area contributed by atoms with Crippen molar-refractivity contribution in [3.63, 3.8) is 0 Å². The minimum absolute atomic E-state index is 0.318. The zero-order valence-corrected chi connectivity index (χ0v) is 17.9. The van der Waals surface area contributed by atoms with Gasteiger partial charge in [0.2, 0.25) is 0 Å². The van der Waals surface area contributed by atoms with Crippen molar-refractivity contribution in [3.8, 4) is 22.6 Å². The molecule has 0 aliphatic rings. The van der Waals surface area contributed by atoms with Crippen molar-refractivity contribution in [2.45, 2.75) is 59.3 Å². The summed E-state index contributed by atoms with van der Waals surface area (Å²) in [6.07, 6.45) is 6.08. The van der Waals surface area contributed by atoms with Crippen LogP contribution in [0.25, 0.3) is 16.8 Å². The molecule has 0 aliphatic heterocycles. The summed E-state index contributed by atoms with van der Waals surface area (Å²) in [5, 5.41) is 4.62. The van der Waals surface area contributed by atoms with Crippen LogP contribution in [0, 0.1) is 12.7 Å². The van der Waals surface area contributed by atoms with Crippen LogP contribution < -0.4 is 4.74 Å². The lowest BCUT2D eigenvalue weighted by Gasteiger charge is -2.19. The number of aryl methyl sites for hydroxylation is 1. The van der Waals surface area contributed by atoms with Gasteiger partial charge in [-0.2, -0.15) is 5.10 Å². The lowest BCUT2D eigenvalue weighted by Crippen LogP contribution is -2.05. The molecular formula is C25H31FN2O. The number of hydrogen-bond acceptors (Lipinski definition) is 2. The van der Waals surface area contributed by atoms with Crippen LogP contribution in [-0.2, 0) is 0 Å². The zero-order chi connectivity index (χ0) is 20.8. The lowest BCUT2D eigenvalue weighted by molar-refractivity contribution is 0.294. The molecule has 0 N–H and O–H groups in total. The molecule has 1 aromatic heterocycles. The second kappa shape index (κ2) is 9.73. The summed E-state index contributed by atoms with van der Waals surface area (Å²) in [4.78, 5) is 0. The Labute approximate surface area is 173 Å². The fourth-order valence-electron chi connectivity index (χ4n) is 3.67. The summed E-state index contributed by atoms with van der Waals surface area (Å²) in [7, 11) is 0. The minimum Gasteiger partial charge on any atom is -0.491 e. The van der Waals surface area contributed by atoms with Crippen molar-refractivity contribution < 1.29 is 9.13 Å². The van der Waals surface area contributed by atoms with Gasteiger partial charge in [-0.3, -0.25) is 0 Å². The molecule has 154 valence electrons. The van der Waals surface area contributed by atoms with Crippen molar-refractivity contribution in [2.24, 2.45) is 0 Å². The van der Waals surface area contributed by atoms with E-state index < -0.39 is 0 Å². The van der Waals surface area contributed by atoms with E-state index in [1.807, 2.05) is 29.9 Å². The first-order valence-corrected chi connectivity index (χ1v) is 10.7. The van der Waals surface area contributed by atoms with E-state index in [-0.39, 0.29) is 5.82 Å². The average molecular weight is 395 g/mol. The van der Waals surface area contributed by atoms with Gasteiger partial charge in [0, 0.05) is 6.20 Å². The van der Waals surface area contributed by atoms with Gasteiger partial charge in [-0.05, 0) is 73.1 Å². The summed E-state index contributed by atoms with van der Waals surface area (Å²) in [6, 6.07) is 13.6. The molecule has 0 atom stereocenters. The first kappa shape index (κ1) is 21.1. The Morgan fingerprint density at radius 2 is 1.72 bits per heavy atom. The quantitative estimate of drug-likeness (QED) is 0.363. The monoisotopic (exact) mass is 394 g/mol. The summed E-state index contributed by atoms with van der Waals surface area (Å²) >= 11 is 0. The smallest absolute Gasteiger partial charge is 0.165 e. The Kier molecular flexibility index (Phi) is 7.08. The number of hydrogen-bond donors (Lipinski definition) is 0. The van der Waals surface area contributed by atoms with Crippen LogP contribution in [0.1, 0.15) is 63.6 Å². The molecule has 3 aromatic rings. The number of nitrogens with zero attached hydrogens (tertiary/aromatic N) is 2. The Bertz CT molecular complexity index is 944. The fraction of sp³-hybridized carbons (Fsp3) is 0.400. The third-order valence-electron chi connectivity index (χ3n) is 5.45. The molecule has 1 heterocycles. The number of rotatable bonds is 9. The maximum absolute atomic E-state index is 14.6. The van der Waals surface area contributed by atoms with Gasteiger partial charge >= 0.3 is 0 Å². The van der Waals surface area contributed by atoms with Gasteiger partial charge in [0.05, 0.1) is 18.0 Å². The molecule has 0 unspecified atom stereocenters. The highest BCUT2D eigenvalue weighted by Gasteiger charge is 2.16. The molecule has 0 saturated heterocycles. The molecule has 0 aliphatic carbocycles. The molecule has 0 radical (unpaired) electrons. The molecule has 0 fully saturated rings. The van der Waals surface area contributed by atoms with Crippen LogP contribution in [-0.4, -0.2) is 16.4 Å². The maximum Gasteiger partial charge on any atom is 0.165 e. The van der Waals surface area contributed by atoms with Gasteiger partial charge in [-0.25, -0.2) is 9.07 Å². The first-order valence-electron chi connectivity index (χ1n) is 10.7. The molecule has 4 heteroatoms. The predicted octanol–water partition coefficient (Wildman–Crippen LogP) is 7.07. The Morgan fingerprint density at radius 3 is 2.34 bits per heavy atom. The number of unbranched alkanes of at least 4 members (excludes halogenated alkanes) is 1. The van der Waals surface area contributed by atoms with Gasteiger partial charge in [-0.15, -0.1) is 0 Å². The summed E-state index contributed by atoms with van der Waals surface area (Å²) in [5.74, 6) is 0.465. The number of benzene rings is 2. The van der Waals surface area contributed by atoms with Crippen LogP contribution >= 0.6 is 0 Å². The van der Waals surface area contributed by atoms with Gasteiger partial charge < -0.3 is 4.74 Å². The highest BCUT2D eigenvalue weighted by atomic mass is 19.1. The van der Waals surface area contributed by atoms with E-state index in [9.17, 15) is 4.39 Å². The first-order chi connectivity index (χ1) is 14.1. The van der Waals surface area contributed by atoms with Crippen molar-refractivity contribution in [2.75, 3.05) is 6.61 Å². The zero-order valence-electron chi connectivity index (χ0n) is 17.9.